The van der Waals surface area contributed by atoms with E-state index in [-0.39, 0.29) is 37.4 Å². The summed E-state index contributed by atoms with van der Waals surface area (Å²) in [5.41, 5.74) is 1.67. The van der Waals surface area contributed by atoms with Crippen molar-refractivity contribution in [3.63, 3.8) is 0 Å². The number of amides is 3. The maximum atomic E-state index is 13.4. The molecular weight excluding hydrogens is 574 g/mol. The number of alkyl carbamates (subject to hydrolysis) is 1. The Morgan fingerprint density at radius 2 is 1.77 bits per heavy atom. The van der Waals surface area contributed by atoms with Gasteiger partial charge in [-0.15, -0.1) is 0 Å². The van der Waals surface area contributed by atoms with Crippen molar-refractivity contribution < 1.29 is 33.8 Å². The molecule has 4 rings (SSSR count). The van der Waals surface area contributed by atoms with E-state index in [9.17, 15) is 24.3 Å². The van der Waals surface area contributed by atoms with Crippen molar-refractivity contribution in [3.8, 4) is 0 Å². The molecule has 1 saturated carbocycles. The fraction of sp³-hybridized carbons (Fsp3) is 0.500. The van der Waals surface area contributed by atoms with E-state index in [0.717, 1.165) is 37.7 Å². The summed E-state index contributed by atoms with van der Waals surface area (Å²) >= 11 is 6.00. The highest BCUT2D eigenvalue weighted by atomic mass is 35.5. The second kappa shape index (κ2) is 16.3. The Hall–Kier alpha value is -3.63. The van der Waals surface area contributed by atoms with Gasteiger partial charge in [0.1, 0.15) is 24.8 Å². The first-order valence-corrected chi connectivity index (χ1v) is 15.3. The van der Waals surface area contributed by atoms with Gasteiger partial charge in [0.15, 0.2) is 0 Å². The standard InChI is InChI=1S/C32H40ClN3O7/c33-25-13-7-10-23(18-25)21-43-32(41)35-27(19-22-8-3-1-4-9-22)30(38)34-26(31(39)40)14-15-29(37)36-16-17-42-28(20-36)24-11-5-2-6-12-24/h2,5-7,10-13,18,22,26-28H,1,3-4,8-9,14-17,19-21H2,(H,34,38)(H,35,41)(H,39,40)/t26-,27?,28?/m0/s1. The van der Waals surface area contributed by atoms with E-state index in [1.165, 1.54) is 0 Å². The van der Waals surface area contributed by atoms with E-state index in [2.05, 4.69) is 10.6 Å². The molecular formula is C32H40ClN3O7. The van der Waals surface area contributed by atoms with Crippen LogP contribution in [0.5, 0.6) is 0 Å². The smallest absolute Gasteiger partial charge is 0.408 e. The van der Waals surface area contributed by atoms with Crippen molar-refractivity contribution in [2.24, 2.45) is 5.92 Å². The van der Waals surface area contributed by atoms with Crippen molar-refractivity contribution in [2.45, 2.75) is 76.2 Å². The van der Waals surface area contributed by atoms with Gasteiger partial charge in [-0.1, -0.05) is 86.2 Å². The van der Waals surface area contributed by atoms with E-state index in [1.807, 2.05) is 30.3 Å². The second-order valence-corrected chi connectivity index (χ2v) is 11.6. The van der Waals surface area contributed by atoms with E-state index >= 15 is 0 Å². The van der Waals surface area contributed by atoms with Gasteiger partial charge >= 0.3 is 12.1 Å². The van der Waals surface area contributed by atoms with Crippen molar-refractivity contribution in [3.05, 3.63) is 70.7 Å². The first-order chi connectivity index (χ1) is 20.8. The van der Waals surface area contributed by atoms with Crippen LogP contribution in [0.25, 0.3) is 0 Å². The maximum absolute atomic E-state index is 13.4. The predicted molar refractivity (Wildman–Crippen MR) is 160 cm³/mol. The largest absolute Gasteiger partial charge is 0.480 e. The molecule has 1 heterocycles. The summed E-state index contributed by atoms with van der Waals surface area (Å²) in [6.45, 7) is 1.14. The van der Waals surface area contributed by atoms with Crippen LogP contribution in [0, 0.1) is 5.92 Å². The summed E-state index contributed by atoms with van der Waals surface area (Å²) < 4.78 is 11.2. The van der Waals surface area contributed by atoms with Crippen molar-refractivity contribution in [2.75, 3.05) is 19.7 Å². The van der Waals surface area contributed by atoms with Gasteiger partial charge in [-0.2, -0.15) is 0 Å². The topological polar surface area (TPSA) is 134 Å². The number of benzene rings is 2. The zero-order valence-corrected chi connectivity index (χ0v) is 25.0. The van der Waals surface area contributed by atoms with Crippen LogP contribution in [-0.4, -0.2) is 65.7 Å². The highest BCUT2D eigenvalue weighted by Crippen LogP contribution is 2.28. The second-order valence-electron chi connectivity index (χ2n) is 11.2. The minimum Gasteiger partial charge on any atom is -0.480 e. The lowest BCUT2D eigenvalue weighted by Crippen LogP contribution is -2.52. The zero-order valence-electron chi connectivity index (χ0n) is 24.2. The van der Waals surface area contributed by atoms with Crippen LogP contribution in [0.2, 0.25) is 5.02 Å². The van der Waals surface area contributed by atoms with Crippen molar-refractivity contribution in [1.29, 1.82) is 0 Å². The van der Waals surface area contributed by atoms with Crippen LogP contribution in [-0.2, 0) is 30.5 Å². The molecule has 11 heteroatoms. The average molecular weight is 614 g/mol. The fourth-order valence-corrected chi connectivity index (χ4v) is 5.86. The number of carbonyl (C=O) groups excluding carboxylic acids is 3. The van der Waals surface area contributed by atoms with E-state index in [4.69, 9.17) is 21.1 Å². The average Bonchev–Trinajstić information content (AvgIpc) is 3.02. The van der Waals surface area contributed by atoms with Crippen LogP contribution >= 0.6 is 11.6 Å². The number of hydrogen-bond donors (Lipinski definition) is 3. The Morgan fingerprint density at radius 3 is 2.49 bits per heavy atom. The molecule has 1 saturated heterocycles. The number of rotatable bonds is 12. The van der Waals surface area contributed by atoms with Crippen molar-refractivity contribution >= 4 is 35.5 Å². The van der Waals surface area contributed by atoms with Crippen LogP contribution in [0.3, 0.4) is 0 Å². The Balaban J connectivity index is 1.33. The molecule has 0 radical (unpaired) electrons. The summed E-state index contributed by atoms with van der Waals surface area (Å²) in [4.78, 5) is 52.8. The van der Waals surface area contributed by atoms with Crippen LogP contribution < -0.4 is 10.6 Å². The molecule has 2 aromatic carbocycles. The monoisotopic (exact) mass is 613 g/mol. The minimum absolute atomic E-state index is 0.0311. The highest BCUT2D eigenvalue weighted by Gasteiger charge is 2.31. The van der Waals surface area contributed by atoms with Gasteiger partial charge in [0, 0.05) is 18.0 Å². The van der Waals surface area contributed by atoms with Gasteiger partial charge in [-0.05, 0) is 42.0 Å². The lowest BCUT2D eigenvalue weighted by atomic mass is 9.84. The third-order valence-corrected chi connectivity index (χ3v) is 8.25. The van der Waals surface area contributed by atoms with Gasteiger partial charge in [0.05, 0.1) is 13.2 Å². The zero-order chi connectivity index (χ0) is 30.6. The molecule has 43 heavy (non-hydrogen) atoms. The molecule has 3 amide bonds. The predicted octanol–water partition coefficient (Wildman–Crippen LogP) is 4.85. The van der Waals surface area contributed by atoms with Gasteiger partial charge in [-0.25, -0.2) is 9.59 Å². The van der Waals surface area contributed by atoms with E-state index in [0.29, 0.717) is 36.7 Å². The number of nitrogens with one attached hydrogen (secondary N) is 2. The molecule has 1 aliphatic carbocycles. The molecule has 2 fully saturated rings. The molecule has 1 aliphatic heterocycles. The summed E-state index contributed by atoms with van der Waals surface area (Å²) in [6.07, 6.45) is 4.30. The Labute approximate surface area is 257 Å². The molecule has 3 N–H and O–H groups in total. The number of nitrogens with zero attached hydrogens (tertiary/aromatic N) is 1. The summed E-state index contributed by atoms with van der Waals surface area (Å²) in [5.74, 6) is -1.83. The summed E-state index contributed by atoms with van der Waals surface area (Å²) in [6, 6.07) is 14.3. The van der Waals surface area contributed by atoms with Gasteiger partial charge in [0.2, 0.25) is 11.8 Å². The number of aliphatic carboxylic acids is 1. The third-order valence-electron chi connectivity index (χ3n) is 8.01. The van der Waals surface area contributed by atoms with Gasteiger partial charge in [0.25, 0.3) is 0 Å². The lowest BCUT2D eigenvalue weighted by Gasteiger charge is -2.33. The molecule has 0 aromatic heterocycles. The van der Waals surface area contributed by atoms with Gasteiger partial charge in [-0.3, -0.25) is 9.59 Å². The maximum Gasteiger partial charge on any atom is 0.408 e. The first-order valence-electron chi connectivity index (χ1n) is 14.9. The summed E-state index contributed by atoms with van der Waals surface area (Å²) in [5, 5.41) is 15.6. The SMILES string of the molecule is O=C(NC(CC1CCCCC1)C(=O)N[C@@H](CCC(=O)N1CCOC(c2ccccc2)C1)C(=O)O)OCc1cccc(Cl)c1. The van der Waals surface area contributed by atoms with E-state index < -0.39 is 30.1 Å². The Morgan fingerprint density at radius 1 is 1.00 bits per heavy atom. The fourth-order valence-electron chi connectivity index (χ4n) is 5.65. The number of carboxylic acid groups (broad SMARTS) is 1. The third kappa shape index (κ3) is 10.2. The first kappa shape index (κ1) is 32.3. The molecule has 2 aromatic rings. The quantitative estimate of drug-likeness (QED) is 0.311. The Kier molecular flexibility index (Phi) is 12.2. The number of morpholine rings is 1. The van der Waals surface area contributed by atoms with E-state index in [1.54, 1.807) is 29.2 Å². The van der Waals surface area contributed by atoms with Gasteiger partial charge < -0.3 is 30.1 Å². The minimum atomic E-state index is -1.29. The number of carboxylic acids is 1. The normalized spacial score (nSPS) is 18.7. The number of ether oxygens (including phenoxy) is 2. The van der Waals surface area contributed by atoms with Crippen molar-refractivity contribution in [1.82, 2.24) is 15.5 Å². The number of halogens is 1. The highest BCUT2D eigenvalue weighted by molar-refractivity contribution is 6.30. The molecule has 232 valence electrons. The van der Waals surface area contributed by atoms with Crippen LogP contribution in [0.4, 0.5) is 4.79 Å². The summed E-state index contributed by atoms with van der Waals surface area (Å²) in [7, 11) is 0. The molecule has 0 bridgehead atoms. The lowest BCUT2D eigenvalue weighted by molar-refractivity contribution is -0.143. The van der Waals surface area contributed by atoms with Crippen LogP contribution in [0.1, 0.15) is 68.6 Å². The molecule has 3 atom stereocenters. The number of carbonyl (C=O) groups is 4. The molecule has 10 nitrogen and oxygen atoms in total. The Bertz CT molecular complexity index is 1240. The molecule has 2 unspecified atom stereocenters. The molecule has 2 aliphatic rings. The molecule has 0 spiro atoms. The number of hydrogen-bond acceptors (Lipinski definition) is 6. The van der Waals surface area contributed by atoms with Crippen LogP contribution in [0.15, 0.2) is 54.6 Å².